The van der Waals surface area contributed by atoms with Crippen LogP contribution >= 0.6 is 0 Å². The number of aliphatic carboxylic acids is 1. The molecule has 0 atom stereocenters. The molecule has 0 spiro atoms. The smallest absolute Gasteiger partial charge is 0.475 e. The van der Waals surface area contributed by atoms with Crippen molar-refractivity contribution < 1.29 is 27.9 Å². The highest BCUT2D eigenvalue weighted by Crippen LogP contribution is 2.35. The number of benzene rings is 2. The Morgan fingerprint density at radius 1 is 1.00 bits per heavy atom. The number of carboxylic acids is 1. The number of hydrogen-bond acceptors (Lipinski definition) is 3. The van der Waals surface area contributed by atoms with Crippen LogP contribution in [0.1, 0.15) is 55.5 Å². The molecule has 2 aromatic carbocycles. The maximum absolute atomic E-state index is 11.1. The Balaban J connectivity index is 0.000000451. The Labute approximate surface area is 185 Å². The molecule has 4 N–H and O–H groups in total. The minimum Gasteiger partial charge on any atom is -0.475 e. The molecule has 0 heterocycles. The average molecular weight is 451 g/mol. The van der Waals surface area contributed by atoms with Gasteiger partial charge in [-0.3, -0.25) is 4.79 Å². The predicted octanol–water partition coefficient (Wildman–Crippen LogP) is 5.14. The number of carboxylic acid groups (broad SMARTS) is 1. The van der Waals surface area contributed by atoms with Crippen LogP contribution in [0.5, 0.6) is 0 Å². The Bertz CT molecular complexity index is 898. The van der Waals surface area contributed by atoms with E-state index in [9.17, 15) is 18.0 Å². The summed E-state index contributed by atoms with van der Waals surface area (Å²) in [5.74, 6) is -3.15. The van der Waals surface area contributed by atoms with Crippen LogP contribution in [0.15, 0.2) is 48.5 Å². The zero-order chi connectivity index (χ0) is 23.9. The van der Waals surface area contributed by atoms with Gasteiger partial charge in [0.15, 0.2) is 0 Å². The van der Waals surface area contributed by atoms with Gasteiger partial charge in [-0.1, -0.05) is 50.2 Å². The van der Waals surface area contributed by atoms with Gasteiger partial charge in [0.25, 0.3) is 0 Å². The molecule has 0 aliphatic heterocycles. The van der Waals surface area contributed by atoms with E-state index in [2.05, 4.69) is 43.4 Å². The van der Waals surface area contributed by atoms with E-state index in [4.69, 9.17) is 15.6 Å². The summed E-state index contributed by atoms with van der Waals surface area (Å²) in [5.41, 5.74) is 9.90. The van der Waals surface area contributed by atoms with Crippen LogP contribution in [0, 0.1) is 5.41 Å². The molecule has 8 heteroatoms. The quantitative estimate of drug-likeness (QED) is 0.588. The van der Waals surface area contributed by atoms with Gasteiger partial charge in [-0.2, -0.15) is 13.2 Å². The molecule has 1 aliphatic rings. The third-order valence-corrected chi connectivity index (χ3v) is 5.63. The zero-order valence-corrected chi connectivity index (χ0v) is 18.2. The van der Waals surface area contributed by atoms with Crippen molar-refractivity contribution in [3.8, 4) is 11.1 Å². The van der Waals surface area contributed by atoms with Crippen LogP contribution < -0.4 is 11.1 Å². The number of carbonyl (C=O) groups is 2. The van der Waals surface area contributed by atoms with Crippen molar-refractivity contribution in [1.82, 2.24) is 5.32 Å². The summed E-state index contributed by atoms with van der Waals surface area (Å²) in [4.78, 5) is 20.0. The molecule has 0 radical (unpaired) electrons. The maximum atomic E-state index is 11.1. The van der Waals surface area contributed by atoms with Crippen molar-refractivity contribution in [2.75, 3.05) is 0 Å². The Hall–Kier alpha value is -2.87. The molecule has 5 nitrogen and oxygen atoms in total. The Kier molecular flexibility index (Phi) is 8.44. The number of alkyl halides is 3. The first-order chi connectivity index (χ1) is 14.9. The van der Waals surface area contributed by atoms with Crippen molar-refractivity contribution in [2.24, 2.45) is 11.1 Å². The van der Waals surface area contributed by atoms with Crippen LogP contribution in [0.2, 0.25) is 0 Å². The molecule has 2 aromatic rings. The molecule has 1 aliphatic carbocycles. The fourth-order valence-corrected chi connectivity index (χ4v) is 3.51. The molecule has 1 fully saturated rings. The number of rotatable bonds is 5. The molecule has 0 aromatic heterocycles. The standard InChI is InChI=1S/C22H28N2O.C2HF3O2/c1-22(2)13-11-20(12-14-22)24-15-16-3-5-17(6-4-16)18-7-9-19(10-8-18)21(23)25;3-2(4,5)1(6)7/h3-10,20,24H,11-15H2,1-2H3,(H2,23,25);(H,6,7). The van der Waals surface area contributed by atoms with Gasteiger partial charge < -0.3 is 16.2 Å². The number of hydrogen-bond donors (Lipinski definition) is 3. The largest absolute Gasteiger partial charge is 0.490 e. The lowest BCUT2D eigenvalue weighted by molar-refractivity contribution is -0.192. The molecule has 174 valence electrons. The van der Waals surface area contributed by atoms with Gasteiger partial charge in [-0.05, 0) is 59.9 Å². The zero-order valence-electron chi connectivity index (χ0n) is 18.2. The minimum absolute atomic E-state index is 0.390. The summed E-state index contributed by atoms with van der Waals surface area (Å²) < 4.78 is 31.7. The van der Waals surface area contributed by atoms with Gasteiger partial charge in [0, 0.05) is 18.2 Å². The molecule has 3 rings (SSSR count). The summed E-state index contributed by atoms with van der Waals surface area (Å²) in [5, 5.41) is 10.8. The second-order valence-corrected chi connectivity index (χ2v) is 8.76. The molecule has 0 bridgehead atoms. The fourth-order valence-electron chi connectivity index (χ4n) is 3.51. The van der Waals surface area contributed by atoms with E-state index >= 15 is 0 Å². The second-order valence-electron chi connectivity index (χ2n) is 8.76. The summed E-state index contributed by atoms with van der Waals surface area (Å²) in [6.07, 6.45) is 0.0877. The van der Waals surface area contributed by atoms with Crippen molar-refractivity contribution in [2.45, 2.75) is 58.3 Å². The number of halogens is 3. The van der Waals surface area contributed by atoms with E-state index in [1.807, 2.05) is 12.1 Å². The third-order valence-electron chi connectivity index (χ3n) is 5.63. The van der Waals surface area contributed by atoms with Crippen molar-refractivity contribution in [3.63, 3.8) is 0 Å². The third kappa shape index (κ3) is 8.00. The summed E-state index contributed by atoms with van der Waals surface area (Å²) in [7, 11) is 0. The molecule has 0 saturated heterocycles. The Morgan fingerprint density at radius 3 is 1.84 bits per heavy atom. The topological polar surface area (TPSA) is 92.4 Å². The first-order valence-electron chi connectivity index (χ1n) is 10.4. The molecular weight excluding hydrogens is 421 g/mol. The first kappa shape index (κ1) is 25.4. The average Bonchev–Trinajstić information content (AvgIpc) is 2.73. The number of amides is 1. The fraction of sp³-hybridized carbons (Fsp3) is 0.417. The minimum atomic E-state index is -5.08. The highest BCUT2D eigenvalue weighted by Gasteiger charge is 2.38. The van der Waals surface area contributed by atoms with Gasteiger partial charge in [-0.15, -0.1) is 0 Å². The van der Waals surface area contributed by atoms with E-state index in [-0.39, 0.29) is 5.91 Å². The normalized spacial score (nSPS) is 16.0. The van der Waals surface area contributed by atoms with E-state index in [0.29, 0.717) is 17.0 Å². The van der Waals surface area contributed by atoms with Crippen molar-refractivity contribution in [1.29, 1.82) is 0 Å². The van der Waals surface area contributed by atoms with Crippen molar-refractivity contribution >= 4 is 11.9 Å². The van der Waals surface area contributed by atoms with Gasteiger partial charge in [-0.25, -0.2) is 4.79 Å². The number of primary amides is 1. The molecule has 32 heavy (non-hydrogen) atoms. The van der Waals surface area contributed by atoms with Gasteiger partial charge in [0.2, 0.25) is 5.91 Å². The van der Waals surface area contributed by atoms with Gasteiger partial charge in [0.1, 0.15) is 0 Å². The van der Waals surface area contributed by atoms with E-state index in [1.165, 1.54) is 31.2 Å². The van der Waals surface area contributed by atoms with Crippen LogP contribution in [0.4, 0.5) is 13.2 Å². The van der Waals surface area contributed by atoms with Crippen LogP contribution in [-0.2, 0) is 11.3 Å². The highest BCUT2D eigenvalue weighted by molar-refractivity contribution is 5.93. The summed E-state index contributed by atoms with van der Waals surface area (Å²) in [6, 6.07) is 16.7. The predicted molar refractivity (Wildman–Crippen MR) is 117 cm³/mol. The molecule has 0 unspecified atom stereocenters. The maximum Gasteiger partial charge on any atom is 0.490 e. The summed E-state index contributed by atoms with van der Waals surface area (Å²) >= 11 is 0. The van der Waals surface area contributed by atoms with Gasteiger partial charge >= 0.3 is 12.1 Å². The monoisotopic (exact) mass is 450 g/mol. The lowest BCUT2D eigenvalue weighted by Crippen LogP contribution is -2.35. The molecular formula is C24H29F3N2O3. The number of nitrogens with one attached hydrogen (secondary N) is 1. The van der Waals surface area contributed by atoms with Crippen LogP contribution in [-0.4, -0.2) is 29.2 Å². The van der Waals surface area contributed by atoms with Crippen LogP contribution in [0.25, 0.3) is 11.1 Å². The van der Waals surface area contributed by atoms with E-state index in [0.717, 1.165) is 17.7 Å². The first-order valence-corrected chi connectivity index (χ1v) is 10.4. The highest BCUT2D eigenvalue weighted by atomic mass is 19.4. The van der Waals surface area contributed by atoms with E-state index in [1.54, 1.807) is 12.1 Å². The second kappa shape index (κ2) is 10.6. The SMILES string of the molecule is CC1(C)CCC(NCc2ccc(-c3ccc(C(N)=O)cc3)cc2)CC1.O=C(O)C(F)(F)F. The molecule has 1 amide bonds. The number of carbonyl (C=O) groups excluding carboxylic acids is 1. The lowest BCUT2D eigenvalue weighted by atomic mass is 9.75. The molecule has 1 saturated carbocycles. The number of nitrogens with two attached hydrogens (primary N) is 1. The Morgan fingerprint density at radius 2 is 1.44 bits per heavy atom. The summed E-state index contributed by atoms with van der Waals surface area (Å²) in [6.45, 7) is 5.67. The van der Waals surface area contributed by atoms with E-state index < -0.39 is 12.1 Å². The lowest BCUT2D eigenvalue weighted by Gasteiger charge is -2.34. The van der Waals surface area contributed by atoms with Gasteiger partial charge in [0.05, 0.1) is 0 Å². The van der Waals surface area contributed by atoms with Crippen LogP contribution in [0.3, 0.4) is 0 Å². The van der Waals surface area contributed by atoms with Crippen molar-refractivity contribution in [3.05, 3.63) is 59.7 Å².